The fraction of sp³-hybridized carbons (Fsp3) is 0.133. The third-order valence-electron chi connectivity index (χ3n) is 2.94. The van der Waals surface area contributed by atoms with Gasteiger partial charge < -0.3 is 15.7 Å². The highest BCUT2D eigenvalue weighted by Crippen LogP contribution is 2.19. The summed E-state index contributed by atoms with van der Waals surface area (Å²) in [4.78, 5) is 11.8. The van der Waals surface area contributed by atoms with Gasteiger partial charge in [0.1, 0.15) is 17.5 Å². The normalized spacial score (nSPS) is 11.8. The van der Waals surface area contributed by atoms with Crippen molar-refractivity contribution in [3.8, 4) is 0 Å². The lowest BCUT2D eigenvalue weighted by atomic mass is 10.1. The van der Waals surface area contributed by atoms with Crippen molar-refractivity contribution in [1.82, 2.24) is 5.32 Å². The fourth-order valence-electron chi connectivity index (χ4n) is 1.88. The maximum absolute atomic E-state index is 13.6. The van der Waals surface area contributed by atoms with Crippen molar-refractivity contribution in [2.24, 2.45) is 0 Å². The summed E-state index contributed by atoms with van der Waals surface area (Å²) in [5, 5.41) is 13.7. The minimum atomic E-state index is -1.16. The smallest absolute Gasteiger partial charge is 0.319 e. The van der Waals surface area contributed by atoms with Crippen LogP contribution >= 0.6 is 0 Å². The van der Waals surface area contributed by atoms with Crippen LogP contribution in [0.1, 0.15) is 11.6 Å². The van der Waals surface area contributed by atoms with E-state index in [2.05, 4.69) is 10.6 Å². The number of hydrogen-bond donors (Lipinski definition) is 3. The van der Waals surface area contributed by atoms with Crippen LogP contribution in [-0.4, -0.2) is 17.7 Å². The molecule has 4 nitrogen and oxygen atoms in total. The number of rotatable bonds is 4. The summed E-state index contributed by atoms with van der Waals surface area (Å²) in [5.41, 5.74) is -0.275. The van der Waals surface area contributed by atoms with Gasteiger partial charge in [0.05, 0.1) is 18.3 Å². The van der Waals surface area contributed by atoms with Crippen LogP contribution in [0.3, 0.4) is 0 Å². The lowest BCUT2D eigenvalue weighted by Gasteiger charge is -2.18. The second kappa shape index (κ2) is 6.95. The standard InChI is InChI=1S/C15H13F3N2O2/c16-9-5-6-11(17)10(7-9)14(8-21)20-15(22)19-13-4-2-1-3-12(13)18/h1-7,14,21H,8H2,(H2,19,20,22)/t14-/m0/s1. The highest BCUT2D eigenvalue weighted by molar-refractivity contribution is 5.89. The number of nitrogens with one attached hydrogen (secondary N) is 2. The minimum Gasteiger partial charge on any atom is -0.394 e. The van der Waals surface area contributed by atoms with Gasteiger partial charge in [-0.3, -0.25) is 0 Å². The quantitative estimate of drug-likeness (QED) is 0.813. The monoisotopic (exact) mass is 310 g/mol. The Bertz CT molecular complexity index is 680. The minimum absolute atomic E-state index is 0.0728. The lowest BCUT2D eigenvalue weighted by Crippen LogP contribution is -2.35. The van der Waals surface area contributed by atoms with Crippen LogP contribution in [0.15, 0.2) is 42.5 Å². The van der Waals surface area contributed by atoms with Gasteiger partial charge in [-0.1, -0.05) is 12.1 Å². The van der Waals surface area contributed by atoms with Crippen LogP contribution in [0.5, 0.6) is 0 Å². The molecular weight excluding hydrogens is 297 g/mol. The van der Waals surface area contributed by atoms with Gasteiger partial charge in [0.2, 0.25) is 0 Å². The Morgan fingerprint density at radius 2 is 1.82 bits per heavy atom. The summed E-state index contributed by atoms with van der Waals surface area (Å²) in [6.45, 7) is -0.648. The molecule has 3 N–H and O–H groups in total. The Hall–Kier alpha value is -2.54. The molecule has 0 spiro atoms. The first-order valence-electron chi connectivity index (χ1n) is 6.39. The molecule has 2 rings (SSSR count). The lowest BCUT2D eigenvalue weighted by molar-refractivity contribution is 0.223. The van der Waals surface area contributed by atoms with Crippen LogP contribution in [0.4, 0.5) is 23.7 Å². The van der Waals surface area contributed by atoms with Gasteiger partial charge in [-0.05, 0) is 30.3 Å². The van der Waals surface area contributed by atoms with Crippen LogP contribution in [0, 0.1) is 17.5 Å². The molecule has 0 radical (unpaired) electrons. The number of para-hydroxylation sites is 1. The summed E-state index contributed by atoms with van der Waals surface area (Å²) in [7, 11) is 0. The van der Waals surface area contributed by atoms with E-state index in [1.165, 1.54) is 18.2 Å². The topological polar surface area (TPSA) is 61.4 Å². The van der Waals surface area contributed by atoms with Gasteiger partial charge >= 0.3 is 6.03 Å². The summed E-state index contributed by atoms with van der Waals surface area (Å²) in [6.07, 6.45) is 0. The molecule has 2 amide bonds. The molecule has 7 heteroatoms. The van der Waals surface area contributed by atoms with E-state index in [9.17, 15) is 23.1 Å². The number of carbonyl (C=O) groups excluding carboxylic acids is 1. The average Bonchev–Trinajstić information content (AvgIpc) is 2.50. The number of carbonyl (C=O) groups is 1. The van der Waals surface area contributed by atoms with Crippen molar-refractivity contribution in [1.29, 1.82) is 0 Å². The number of benzene rings is 2. The summed E-state index contributed by atoms with van der Waals surface area (Å²) in [5.74, 6) is -2.12. The Labute approximate surface area is 124 Å². The molecule has 0 saturated heterocycles. The molecule has 0 aromatic heterocycles. The molecule has 1 atom stereocenters. The fourth-order valence-corrected chi connectivity index (χ4v) is 1.88. The zero-order valence-corrected chi connectivity index (χ0v) is 11.3. The van der Waals surface area contributed by atoms with Crippen molar-refractivity contribution in [3.05, 3.63) is 65.5 Å². The zero-order valence-electron chi connectivity index (χ0n) is 11.3. The van der Waals surface area contributed by atoms with Gasteiger partial charge in [0.25, 0.3) is 0 Å². The Morgan fingerprint density at radius 3 is 2.50 bits per heavy atom. The molecular formula is C15H13F3N2O2. The van der Waals surface area contributed by atoms with Crippen molar-refractivity contribution >= 4 is 11.7 Å². The number of amides is 2. The largest absolute Gasteiger partial charge is 0.394 e. The number of anilines is 1. The Balaban J connectivity index is 2.11. The molecule has 22 heavy (non-hydrogen) atoms. The van der Waals surface area contributed by atoms with E-state index in [-0.39, 0.29) is 11.3 Å². The SMILES string of the molecule is O=C(Nc1ccccc1F)N[C@@H](CO)c1cc(F)ccc1F. The third kappa shape index (κ3) is 3.76. The first kappa shape index (κ1) is 15.8. The third-order valence-corrected chi connectivity index (χ3v) is 2.94. The highest BCUT2D eigenvalue weighted by atomic mass is 19.1. The molecule has 2 aromatic carbocycles. The maximum Gasteiger partial charge on any atom is 0.319 e. The molecule has 0 aliphatic rings. The van der Waals surface area contributed by atoms with Crippen molar-refractivity contribution in [3.63, 3.8) is 0 Å². The van der Waals surface area contributed by atoms with Gasteiger partial charge in [-0.15, -0.1) is 0 Å². The molecule has 0 fully saturated rings. The Morgan fingerprint density at radius 1 is 1.09 bits per heavy atom. The predicted octanol–water partition coefficient (Wildman–Crippen LogP) is 2.96. The van der Waals surface area contributed by atoms with E-state index in [1.807, 2.05) is 0 Å². The first-order chi connectivity index (χ1) is 10.5. The van der Waals surface area contributed by atoms with Crippen LogP contribution in [0.25, 0.3) is 0 Å². The van der Waals surface area contributed by atoms with Gasteiger partial charge in [-0.2, -0.15) is 0 Å². The second-order valence-electron chi connectivity index (χ2n) is 4.48. The molecule has 0 unspecified atom stereocenters. The number of aliphatic hydroxyl groups excluding tert-OH is 1. The summed E-state index contributed by atoms with van der Waals surface area (Å²) in [6, 6.07) is 6.15. The van der Waals surface area contributed by atoms with Gasteiger partial charge in [0.15, 0.2) is 0 Å². The number of hydrogen-bond acceptors (Lipinski definition) is 2. The van der Waals surface area contributed by atoms with Crippen LogP contribution < -0.4 is 10.6 Å². The van der Waals surface area contributed by atoms with Crippen molar-refractivity contribution in [2.75, 3.05) is 11.9 Å². The number of aliphatic hydroxyl groups is 1. The van der Waals surface area contributed by atoms with E-state index in [4.69, 9.17) is 0 Å². The van der Waals surface area contributed by atoms with E-state index < -0.39 is 36.1 Å². The van der Waals surface area contributed by atoms with E-state index >= 15 is 0 Å². The summed E-state index contributed by atoms with van der Waals surface area (Å²) < 4.78 is 40.2. The zero-order chi connectivity index (χ0) is 16.1. The molecule has 2 aromatic rings. The highest BCUT2D eigenvalue weighted by Gasteiger charge is 2.18. The maximum atomic E-state index is 13.6. The number of urea groups is 1. The Kier molecular flexibility index (Phi) is 5.00. The molecule has 0 heterocycles. The van der Waals surface area contributed by atoms with Crippen LogP contribution in [-0.2, 0) is 0 Å². The molecule has 116 valence electrons. The van der Waals surface area contributed by atoms with Gasteiger partial charge in [-0.25, -0.2) is 18.0 Å². The van der Waals surface area contributed by atoms with E-state index in [0.717, 1.165) is 24.3 Å². The van der Waals surface area contributed by atoms with E-state index in [1.54, 1.807) is 0 Å². The van der Waals surface area contributed by atoms with Gasteiger partial charge in [0, 0.05) is 5.56 Å². The van der Waals surface area contributed by atoms with Crippen LogP contribution in [0.2, 0.25) is 0 Å². The molecule has 0 saturated carbocycles. The second-order valence-corrected chi connectivity index (χ2v) is 4.48. The predicted molar refractivity (Wildman–Crippen MR) is 74.7 cm³/mol. The van der Waals surface area contributed by atoms with Crippen molar-refractivity contribution in [2.45, 2.75) is 6.04 Å². The summed E-state index contributed by atoms with van der Waals surface area (Å²) >= 11 is 0. The first-order valence-corrected chi connectivity index (χ1v) is 6.39. The van der Waals surface area contributed by atoms with E-state index in [0.29, 0.717) is 0 Å². The van der Waals surface area contributed by atoms with Crippen molar-refractivity contribution < 1.29 is 23.1 Å². The molecule has 0 bridgehead atoms. The average molecular weight is 310 g/mol. The molecule has 0 aliphatic heterocycles. The number of halogens is 3. The molecule has 0 aliphatic carbocycles.